The maximum atomic E-state index is 13.3. The lowest BCUT2D eigenvalue weighted by atomic mass is 9.85. The first kappa shape index (κ1) is 23.4. The Labute approximate surface area is 187 Å². The zero-order valence-electron chi connectivity index (χ0n) is 19.2. The Hall–Kier alpha value is -3.22. The van der Waals surface area contributed by atoms with Gasteiger partial charge in [-0.3, -0.25) is 9.48 Å². The summed E-state index contributed by atoms with van der Waals surface area (Å²) in [6.07, 6.45) is -1.57. The van der Waals surface area contributed by atoms with Crippen LogP contribution in [0.3, 0.4) is 0 Å². The molecule has 1 N–H and O–H groups in total. The van der Waals surface area contributed by atoms with Crippen LogP contribution in [-0.4, -0.2) is 15.7 Å². The number of rotatable bonds is 6. The summed E-state index contributed by atoms with van der Waals surface area (Å²) in [6, 6.07) is 13.1. The number of hydrogen-bond donors (Lipinski definition) is 1. The van der Waals surface area contributed by atoms with Crippen molar-refractivity contribution in [2.24, 2.45) is 7.05 Å². The number of hydrogen-bond acceptors (Lipinski definition) is 3. The van der Waals surface area contributed by atoms with Gasteiger partial charge in [-0.1, -0.05) is 58.9 Å². The van der Waals surface area contributed by atoms with E-state index in [-0.39, 0.29) is 11.0 Å². The number of nitrogens with one attached hydrogen (secondary N) is 1. The third-order valence-corrected chi connectivity index (χ3v) is 5.14. The number of nitrogens with zero attached hydrogens (tertiary/aromatic N) is 2. The Kier molecular flexibility index (Phi) is 6.67. The number of carbonyl (C=O) groups excluding carboxylic acids is 1. The molecule has 1 amide bonds. The molecule has 170 valence electrons. The van der Waals surface area contributed by atoms with Gasteiger partial charge >= 0.3 is 0 Å². The molecule has 7 heteroatoms. The van der Waals surface area contributed by atoms with Crippen LogP contribution in [0.25, 0.3) is 0 Å². The van der Waals surface area contributed by atoms with Crippen LogP contribution in [0.5, 0.6) is 11.5 Å². The fraction of sp³-hybridized carbons (Fsp3) is 0.360. The molecule has 0 radical (unpaired) electrons. The highest BCUT2D eigenvalue weighted by molar-refractivity contribution is 6.05. The number of ether oxygens (including phenoxy) is 1. The van der Waals surface area contributed by atoms with Gasteiger partial charge in [0.25, 0.3) is 12.3 Å². The van der Waals surface area contributed by atoms with E-state index < -0.39 is 18.0 Å². The molecule has 2 aromatic carbocycles. The van der Waals surface area contributed by atoms with Crippen molar-refractivity contribution >= 4 is 11.6 Å². The van der Waals surface area contributed by atoms with Gasteiger partial charge in [-0.25, -0.2) is 8.78 Å². The standard InChI is InChI=1S/C25H29F2N3O2/c1-15(2)16-11-12-18(25(3,4)5)21(13-16)32-20-10-8-7-9-19(20)28-24(31)17-14-30(6)29-22(17)23(26)27/h7-15,23H,1-6H3,(H,28,31). The Morgan fingerprint density at radius 3 is 2.41 bits per heavy atom. The van der Waals surface area contributed by atoms with Crippen molar-refractivity contribution in [2.45, 2.75) is 52.4 Å². The second-order valence-electron chi connectivity index (χ2n) is 9.12. The average Bonchev–Trinajstić information content (AvgIpc) is 3.11. The third kappa shape index (κ3) is 5.15. The van der Waals surface area contributed by atoms with E-state index >= 15 is 0 Å². The molecular weight excluding hydrogens is 412 g/mol. The van der Waals surface area contributed by atoms with Crippen LogP contribution in [0.15, 0.2) is 48.7 Å². The Balaban J connectivity index is 1.96. The maximum absolute atomic E-state index is 13.3. The van der Waals surface area contributed by atoms with Crippen LogP contribution in [0.4, 0.5) is 14.5 Å². The number of aryl methyl sites for hydroxylation is 1. The highest BCUT2D eigenvalue weighted by atomic mass is 19.3. The second kappa shape index (κ2) is 9.10. The van der Waals surface area contributed by atoms with E-state index in [1.54, 1.807) is 24.3 Å². The Bertz CT molecular complexity index is 1110. The van der Waals surface area contributed by atoms with Gasteiger partial charge in [0, 0.05) is 18.8 Å². The van der Waals surface area contributed by atoms with Gasteiger partial charge in [0.2, 0.25) is 0 Å². The van der Waals surface area contributed by atoms with Crippen molar-refractivity contribution < 1.29 is 18.3 Å². The zero-order valence-corrected chi connectivity index (χ0v) is 19.2. The molecule has 32 heavy (non-hydrogen) atoms. The largest absolute Gasteiger partial charge is 0.455 e. The summed E-state index contributed by atoms with van der Waals surface area (Å²) in [4.78, 5) is 12.8. The summed E-state index contributed by atoms with van der Waals surface area (Å²) in [5.74, 6) is 0.769. The van der Waals surface area contributed by atoms with Crippen LogP contribution in [0.1, 0.15) is 74.1 Å². The van der Waals surface area contributed by atoms with Crippen molar-refractivity contribution in [3.8, 4) is 11.5 Å². The molecular formula is C25H29F2N3O2. The minimum absolute atomic E-state index is 0.162. The number of alkyl halides is 2. The summed E-state index contributed by atoms with van der Waals surface area (Å²) in [7, 11) is 1.50. The first-order valence-electron chi connectivity index (χ1n) is 10.5. The van der Waals surface area contributed by atoms with Crippen molar-refractivity contribution in [3.63, 3.8) is 0 Å². The molecule has 0 aliphatic rings. The number of halogens is 2. The Morgan fingerprint density at radius 1 is 1.09 bits per heavy atom. The van der Waals surface area contributed by atoms with Gasteiger partial charge in [-0.05, 0) is 35.1 Å². The lowest BCUT2D eigenvalue weighted by Crippen LogP contribution is -2.15. The number of amides is 1. The van der Waals surface area contributed by atoms with Crippen molar-refractivity contribution in [2.75, 3.05) is 5.32 Å². The predicted octanol–water partition coefficient (Wildman–Crippen LogP) is 6.82. The summed E-state index contributed by atoms with van der Waals surface area (Å²) in [6.45, 7) is 10.5. The van der Waals surface area contributed by atoms with Crippen LogP contribution in [0.2, 0.25) is 0 Å². The molecule has 0 saturated carbocycles. The maximum Gasteiger partial charge on any atom is 0.282 e. The Morgan fingerprint density at radius 2 is 1.78 bits per heavy atom. The highest BCUT2D eigenvalue weighted by Gasteiger charge is 2.24. The minimum atomic E-state index is -2.85. The van der Waals surface area contributed by atoms with E-state index in [1.165, 1.54) is 17.9 Å². The number of aromatic nitrogens is 2. The van der Waals surface area contributed by atoms with Gasteiger partial charge in [0.05, 0.1) is 11.3 Å². The number of para-hydroxylation sites is 2. The molecule has 5 nitrogen and oxygen atoms in total. The van der Waals surface area contributed by atoms with Gasteiger partial charge < -0.3 is 10.1 Å². The van der Waals surface area contributed by atoms with Crippen molar-refractivity contribution in [1.29, 1.82) is 0 Å². The minimum Gasteiger partial charge on any atom is -0.455 e. The third-order valence-electron chi connectivity index (χ3n) is 5.14. The van der Waals surface area contributed by atoms with Gasteiger partial charge in [-0.2, -0.15) is 5.10 Å². The quantitative estimate of drug-likeness (QED) is 0.456. The second-order valence-corrected chi connectivity index (χ2v) is 9.12. The molecule has 0 spiro atoms. The van der Waals surface area contributed by atoms with Crippen molar-refractivity contribution in [1.82, 2.24) is 9.78 Å². The van der Waals surface area contributed by atoms with Crippen LogP contribution < -0.4 is 10.1 Å². The molecule has 0 unspecified atom stereocenters. The van der Waals surface area contributed by atoms with Crippen LogP contribution in [-0.2, 0) is 12.5 Å². The van der Waals surface area contributed by atoms with Crippen molar-refractivity contribution in [3.05, 3.63) is 71.0 Å². The molecule has 0 saturated heterocycles. The van der Waals surface area contributed by atoms with Gasteiger partial charge in [0.1, 0.15) is 11.4 Å². The normalized spacial score (nSPS) is 11.8. The number of benzene rings is 2. The van der Waals surface area contributed by atoms with E-state index in [4.69, 9.17) is 4.74 Å². The first-order chi connectivity index (χ1) is 15.0. The molecule has 0 aliphatic heterocycles. The van der Waals surface area contributed by atoms with E-state index in [0.717, 1.165) is 11.1 Å². The van der Waals surface area contributed by atoms with Gasteiger partial charge in [-0.15, -0.1) is 0 Å². The lowest BCUT2D eigenvalue weighted by molar-refractivity contribution is 0.101. The molecule has 0 aliphatic carbocycles. The molecule has 0 atom stereocenters. The molecule has 1 aromatic heterocycles. The molecule has 0 bridgehead atoms. The summed E-state index contributed by atoms with van der Waals surface area (Å²) >= 11 is 0. The van der Waals surface area contributed by atoms with E-state index in [0.29, 0.717) is 23.1 Å². The fourth-order valence-corrected chi connectivity index (χ4v) is 3.41. The van der Waals surface area contributed by atoms with E-state index in [2.05, 4.69) is 57.2 Å². The summed E-state index contributed by atoms with van der Waals surface area (Å²) in [5.41, 5.74) is 1.65. The zero-order chi connectivity index (χ0) is 23.6. The van der Waals surface area contributed by atoms with Gasteiger partial charge in [0.15, 0.2) is 5.75 Å². The first-order valence-corrected chi connectivity index (χ1v) is 10.5. The van der Waals surface area contributed by atoms with E-state index in [1.807, 2.05) is 6.07 Å². The molecule has 1 heterocycles. The number of anilines is 1. The van der Waals surface area contributed by atoms with E-state index in [9.17, 15) is 13.6 Å². The number of carbonyl (C=O) groups is 1. The lowest BCUT2D eigenvalue weighted by Gasteiger charge is -2.24. The fourth-order valence-electron chi connectivity index (χ4n) is 3.41. The predicted molar refractivity (Wildman–Crippen MR) is 122 cm³/mol. The summed E-state index contributed by atoms with van der Waals surface area (Å²) < 4.78 is 34.1. The van der Waals surface area contributed by atoms with Crippen LogP contribution in [0, 0.1) is 0 Å². The SMILES string of the molecule is CC(C)c1ccc(C(C)(C)C)c(Oc2ccccc2NC(=O)c2cn(C)nc2C(F)F)c1. The highest BCUT2D eigenvalue weighted by Crippen LogP contribution is 2.38. The molecule has 3 aromatic rings. The molecule has 0 fully saturated rings. The molecule has 3 rings (SSSR count). The van der Waals surface area contributed by atoms with Crippen LogP contribution >= 0.6 is 0 Å². The topological polar surface area (TPSA) is 56.1 Å². The summed E-state index contributed by atoms with van der Waals surface area (Å²) in [5, 5.41) is 6.40. The smallest absolute Gasteiger partial charge is 0.282 e. The monoisotopic (exact) mass is 441 g/mol. The average molecular weight is 442 g/mol.